The normalized spacial score (nSPS) is 20.6. The molecule has 0 spiro atoms. The molecule has 1 fully saturated rings. The lowest BCUT2D eigenvalue weighted by Crippen LogP contribution is -2.50. The van der Waals surface area contributed by atoms with Gasteiger partial charge in [0, 0.05) is 18.5 Å². The van der Waals surface area contributed by atoms with Crippen molar-refractivity contribution in [2.45, 2.75) is 38.1 Å². The zero-order valence-electron chi connectivity index (χ0n) is 14.0. The number of likely N-dealkylation sites (tertiary alicyclic amines) is 1. The van der Waals surface area contributed by atoms with Gasteiger partial charge in [0.25, 0.3) is 0 Å². The second-order valence-corrected chi connectivity index (χ2v) is 6.46. The second-order valence-electron chi connectivity index (χ2n) is 5.68. The Hall–Kier alpha value is -1.46. The van der Waals surface area contributed by atoms with E-state index in [1.54, 1.807) is 31.1 Å². The quantitative estimate of drug-likeness (QED) is 0.755. The lowest BCUT2D eigenvalue weighted by atomic mass is 9.84. The second kappa shape index (κ2) is 8.08. The molecular formula is C17H21Cl2NO4. The predicted molar refractivity (Wildman–Crippen MR) is 92.8 cm³/mol. The van der Waals surface area contributed by atoms with Crippen LogP contribution in [0.3, 0.4) is 0 Å². The van der Waals surface area contributed by atoms with Crippen molar-refractivity contribution in [3.05, 3.63) is 27.7 Å². The Kier molecular flexibility index (Phi) is 6.35. The number of carbonyl (C=O) groups excluding carboxylic acids is 2. The molecule has 5 nitrogen and oxygen atoms in total. The summed E-state index contributed by atoms with van der Waals surface area (Å²) in [6, 6.07) is 2.82. The molecule has 0 bridgehead atoms. The first-order chi connectivity index (χ1) is 11.4. The molecule has 0 radical (unpaired) electrons. The van der Waals surface area contributed by atoms with Gasteiger partial charge in [0.2, 0.25) is 5.91 Å². The van der Waals surface area contributed by atoms with Gasteiger partial charge in [-0.05, 0) is 30.9 Å². The molecule has 0 aliphatic carbocycles. The fourth-order valence-electron chi connectivity index (χ4n) is 3.20. The number of piperidine rings is 1. The van der Waals surface area contributed by atoms with E-state index in [1.165, 1.54) is 7.11 Å². The summed E-state index contributed by atoms with van der Waals surface area (Å²) in [4.78, 5) is 25.9. The maximum atomic E-state index is 12.2. The van der Waals surface area contributed by atoms with Crippen LogP contribution in [0.1, 0.15) is 37.7 Å². The SMILES string of the molecule is CCC(=O)N1CCC(c2c(OC)ccc(Cl)c2Cl)CC1C(=O)OC. The van der Waals surface area contributed by atoms with Crippen LogP contribution in [0.15, 0.2) is 12.1 Å². The van der Waals surface area contributed by atoms with Crippen LogP contribution < -0.4 is 4.74 Å². The molecule has 7 heteroatoms. The third-order valence-corrected chi connectivity index (χ3v) is 5.24. The number of esters is 1. The van der Waals surface area contributed by atoms with Crippen molar-refractivity contribution in [2.24, 2.45) is 0 Å². The average molecular weight is 374 g/mol. The first kappa shape index (κ1) is 18.9. The van der Waals surface area contributed by atoms with Gasteiger partial charge in [-0.1, -0.05) is 30.1 Å². The highest BCUT2D eigenvalue weighted by molar-refractivity contribution is 6.42. The molecule has 1 amide bonds. The van der Waals surface area contributed by atoms with Gasteiger partial charge in [-0.3, -0.25) is 4.79 Å². The van der Waals surface area contributed by atoms with Gasteiger partial charge in [-0.15, -0.1) is 0 Å². The summed E-state index contributed by atoms with van der Waals surface area (Å²) in [6.45, 7) is 2.24. The minimum Gasteiger partial charge on any atom is -0.496 e. The van der Waals surface area contributed by atoms with E-state index < -0.39 is 12.0 Å². The van der Waals surface area contributed by atoms with Crippen molar-refractivity contribution in [3.63, 3.8) is 0 Å². The summed E-state index contributed by atoms with van der Waals surface area (Å²) < 4.78 is 10.3. The van der Waals surface area contributed by atoms with Gasteiger partial charge in [0.15, 0.2) is 0 Å². The molecule has 132 valence electrons. The topological polar surface area (TPSA) is 55.8 Å². The molecule has 1 aromatic rings. The van der Waals surface area contributed by atoms with Crippen molar-refractivity contribution in [1.82, 2.24) is 4.90 Å². The van der Waals surface area contributed by atoms with E-state index >= 15 is 0 Å². The van der Waals surface area contributed by atoms with E-state index in [2.05, 4.69) is 0 Å². The van der Waals surface area contributed by atoms with Gasteiger partial charge in [0.1, 0.15) is 11.8 Å². The number of ether oxygens (including phenoxy) is 2. The molecule has 2 atom stereocenters. The molecule has 0 aromatic heterocycles. The fourth-order valence-corrected chi connectivity index (χ4v) is 3.67. The molecule has 1 aromatic carbocycles. The van der Waals surface area contributed by atoms with Crippen molar-refractivity contribution in [2.75, 3.05) is 20.8 Å². The molecule has 0 N–H and O–H groups in total. The number of carbonyl (C=O) groups is 2. The third-order valence-electron chi connectivity index (χ3n) is 4.42. The monoisotopic (exact) mass is 373 g/mol. The molecule has 0 saturated carbocycles. The van der Waals surface area contributed by atoms with E-state index in [0.29, 0.717) is 41.6 Å². The standard InChI is InChI=1S/C17H21Cl2NO4/c1-4-14(21)20-8-7-10(9-12(20)17(22)24-3)15-13(23-2)6-5-11(18)16(15)19/h5-6,10,12H,4,7-9H2,1-3H3. The fraction of sp³-hybridized carbons (Fsp3) is 0.529. The molecule has 2 unspecified atom stereocenters. The highest BCUT2D eigenvalue weighted by atomic mass is 35.5. The Morgan fingerprint density at radius 2 is 2.00 bits per heavy atom. The van der Waals surface area contributed by atoms with Crippen molar-refractivity contribution < 1.29 is 19.1 Å². The van der Waals surface area contributed by atoms with Crippen LogP contribution >= 0.6 is 23.2 Å². The number of methoxy groups -OCH3 is 2. The Morgan fingerprint density at radius 1 is 1.29 bits per heavy atom. The van der Waals surface area contributed by atoms with Crippen LogP contribution in [0.25, 0.3) is 0 Å². The summed E-state index contributed by atoms with van der Waals surface area (Å²) in [5, 5.41) is 0.869. The predicted octanol–water partition coefficient (Wildman–Crippen LogP) is 3.66. The maximum Gasteiger partial charge on any atom is 0.328 e. The molecule has 2 rings (SSSR count). The first-order valence-electron chi connectivity index (χ1n) is 7.83. The number of benzene rings is 1. The molecular weight excluding hydrogens is 353 g/mol. The summed E-state index contributed by atoms with van der Waals surface area (Å²) in [5.74, 6) is 0.107. The lowest BCUT2D eigenvalue weighted by Gasteiger charge is -2.38. The van der Waals surface area contributed by atoms with Gasteiger partial charge in [0.05, 0.1) is 24.3 Å². The Labute approximate surface area is 151 Å². The maximum absolute atomic E-state index is 12.2. The molecule has 24 heavy (non-hydrogen) atoms. The minimum atomic E-state index is -0.624. The largest absolute Gasteiger partial charge is 0.496 e. The number of halogens is 2. The van der Waals surface area contributed by atoms with Crippen molar-refractivity contribution in [1.29, 1.82) is 0 Å². The van der Waals surface area contributed by atoms with Crippen LogP contribution in [0.4, 0.5) is 0 Å². The van der Waals surface area contributed by atoms with Crippen LogP contribution in [0.2, 0.25) is 10.0 Å². The summed E-state index contributed by atoms with van der Waals surface area (Å²) >= 11 is 12.5. The molecule has 1 aliphatic heterocycles. The van der Waals surface area contributed by atoms with Gasteiger partial charge < -0.3 is 14.4 Å². The summed E-state index contributed by atoms with van der Waals surface area (Å²) in [6.07, 6.45) is 1.45. The van der Waals surface area contributed by atoms with Gasteiger partial charge >= 0.3 is 5.97 Å². The lowest BCUT2D eigenvalue weighted by molar-refractivity contribution is -0.155. The number of amides is 1. The minimum absolute atomic E-state index is 0.0452. The van der Waals surface area contributed by atoms with E-state index in [1.807, 2.05) is 0 Å². The number of hydrogen-bond acceptors (Lipinski definition) is 4. The Bertz CT molecular complexity index is 635. The number of rotatable bonds is 4. The highest BCUT2D eigenvalue weighted by Gasteiger charge is 2.38. The molecule has 1 saturated heterocycles. The van der Waals surface area contributed by atoms with E-state index in [4.69, 9.17) is 32.7 Å². The zero-order valence-corrected chi connectivity index (χ0v) is 15.5. The average Bonchev–Trinajstić information content (AvgIpc) is 2.61. The Balaban J connectivity index is 2.37. The highest BCUT2D eigenvalue weighted by Crippen LogP contribution is 2.43. The number of hydrogen-bond donors (Lipinski definition) is 0. The smallest absolute Gasteiger partial charge is 0.328 e. The number of nitrogens with zero attached hydrogens (tertiary/aromatic N) is 1. The van der Waals surface area contributed by atoms with Crippen molar-refractivity contribution >= 4 is 35.1 Å². The van der Waals surface area contributed by atoms with E-state index in [0.717, 1.165) is 5.56 Å². The van der Waals surface area contributed by atoms with Crippen LogP contribution in [-0.2, 0) is 14.3 Å². The third kappa shape index (κ3) is 3.62. The summed E-state index contributed by atoms with van der Waals surface area (Å²) in [5.41, 5.74) is 0.782. The first-order valence-corrected chi connectivity index (χ1v) is 8.59. The van der Waals surface area contributed by atoms with E-state index in [9.17, 15) is 9.59 Å². The van der Waals surface area contributed by atoms with Crippen LogP contribution in [0.5, 0.6) is 5.75 Å². The summed E-state index contributed by atoms with van der Waals surface area (Å²) in [7, 11) is 2.89. The van der Waals surface area contributed by atoms with Gasteiger partial charge in [-0.25, -0.2) is 4.79 Å². The van der Waals surface area contributed by atoms with E-state index in [-0.39, 0.29) is 11.8 Å². The van der Waals surface area contributed by atoms with Crippen molar-refractivity contribution in [3.8, 4) is 5.75 Å². The molecule has 1 aliphatic rings. The molecule has 1 heterocycles. The van der Waals surface area contributed by atoms with Crippen LogP contribution in [-0.4, -0.2) is 43.6 Å². The zero-order chi connectivity index (χ0) is 17.9. The van der Waals surface area contributed by atoms with Gasteiger partial charge in [-0.2, -0.15) is 0 Å². The van der Waals surface area contributed by atoms with Crippen LogP contribution in [0, 0.1) is 0 Å². The Morgan fingerprint density at radius 3 is 2.58 bits per heavy atom.